The Hall–Kier alpha value is -3.59. The first-order valence-corrected chi connectivity index (χ1v) is 11.9. The first-order chi connectivity index (χ1) is 16.6. The first-order valence-electron chi connectivity index (χ1n) is 10.8. The van der Waals surface area contributed by atoms with E-state index >= 15 is 0 Å². The molecule has 4 aromatic carbocycles. The number of amides is 2. The molecule has 34 heavy (non-hydrogen) atoms. The zero-order chi connectivity index (χ0) is 23.8. The average Bonchev–Trinajstić information content (AvgIpc) is 2.84. The summed E-state index contributed by atoms with van der Waals surface area (Å²) in [5, 5.41) is 9.14. The smallest absolute Gasteiger partial charge is 0.339 e. The minimum atomic E-state index is -0.419. The van der Waals surface area contributed by atoms with Crippen LogP contribution in [0.1, 0.15) is 18.1 Å². The van der Waals surface area contributed by atoms with Crippen LogP contribution in [0, 0.1) is 3.57 Å². The molecule has 7 heteroatoms. The van der Waals surface area contributed by atoms with Gasteiger partial charge in [-0.1, -0.05) is 54.6 Å². The van der Waals surface area contributed by atoms with Crippen molar-refractivity contribution in [3.63, 3.8) is 0 Å². The van der Waals surface area contributed by atoms with E-state index in [4.69, 9.17) is 9.47 Å². The Balaban J connectivity index is 1.43. The van der Waals surface area contributed by atoms with Crippen molar-refractivity contribution in [2.45, 2.75) is 13.5 Å². The molecule has 2 amide bonds. The summed E-state index contributed by atoms with van der Waals surface area (Å²) >= 11 is 2.22. The molecule has 0 radical (unpaired) electrons. The monoisotopic (exact) mass is 565 g/mol. The molecule has 0 saturated carbocycles. The van der Waals surface area contributed by atoms with Gasteiger partial charge in [0.25, 0.3) is 0 Å². The Labute approximate surface area is 212 Å². The van der Waals surface area contributed by atoms with Crippen molar-refractivity contribution in [2.24, 2.45) is 5.10 Å². The number of rotatable bonds is 8. The van der Waals surface area contributed by atoms with Gasteiger partial charge in [0.1, 0.15) is 6.61 Å². The average molecular weight is 565 g/mol. The number of anilines is 1. The summed E-state index contributed by atoms with van der Waals surface area (Å²) in [5.74, 6) is 1.31. The van der Waals surface area contributed by atoms with E-state index in [9.17, 15) is 4.79 Å². The third-order valence-electron chi connectivity index (χ3n) is 4.94. The Bertz CT molecular complexity index is 1310. The molecule has 0 aliphatic heterocycles. The molecule has 4 aromatic rings. The van der Waals surface area contributed by atoms with E-state index in [-0.39, 0.29) is 0 Å². The maximum atomic E-state index is 12.0. The number of para-hydroxylation sites is 1. The molecular weight excluding hydrogens is 541 g/mol. The van der Waals surface area contributed by atoms with Crippen LogP contribution in [0.5, 0.6) is 11.5 Å². The molecule has 0 spiro atoms. The number of urea groups is 1. The van der Waals surface area contributed by atoms with Gasteiger partial charge >= 0.3 is 6.03 Å². The highest BCUT2D eigenvalue weighted by Gasteiger charge is 2.12. The van der Waals surface area contributed by atoms with Crippen LogP contribution in [-0.4, -0.2) is 18.9 Å². The van der Waals surface area contributed by atoms with Gasteiger partial charge in [0.05, 0.1) is 16.4 Å². The molecule has 0 atom stereocenters. The Morgan fingerprint density at radius 3 is 2.50 bits per heavy atom. The largest absolute Gasteiger partial charge is 0.490 e. The summed E-state index contributed by atoms with van der Waals surface area (Å²) in [6.07, 6.45) is 1.57. The number of nitrogens with zero attached hydrogens (tertiary/aromatic N) is 1. The number of carbonyl (C=O) groups is 1. The van der Waals surface area contributed by atoms with E-state index in [1.54, 1.807) is 18.3 Å². The molecule has 172 valence electrons. The van der Waals surface area contributed by atoms with Gasteiger partial charge < -0.3 is 14.8 Å². The Morgan fingerprint density at radius 1 is 0.941 bits per heavy atom. The fourth-order valence-electron chi connectivity index (χ4n) is 3.40. The maximum absolute atomic E-state index is 12.0. The van der Waals surface area contributed by atoms with Crippen molar-refractivity contribution in [3.8, 4) is 11.5 Å². The summed E-state index contributed by atoms with van der Waals surface area (Å²) in [4.78, 5) is 12.0. The number of halogens is 1. The maximum Gasteiger partial charge on any atom is 0.339 e. The Kier molecular flexibility index (Phi) is 7.98. The molecule has 4 rings (SSSR count). The van der Waals surface area contributed by atoms with Gasteiger partial charge in [0.15, 0.2) is 11.5 Å². The molecule has 0 fully saturated rings. The standard InChI is InChI=1S/C27H24IN3O3/c1-2-33-25-16-20(17-29-31-27(32)30-23-10-4-3-5-11-23)15-24(28)26(25)34-18-19-12-13-21-8-6-7-9-22(21)14-19/h3-17H,2,18H2,1H3,(H2,30,31,32)/b29-17+. The second kappa shape index (κ2) is 11.5. The fourth-order valence-corrected chi connectivity index (χ4v) is 4.18. The normalized spacial score (nSPS) is 10.9. The molecule has 0 aliphatic rings. The number of ether oxygens (including phenoxy) is 2. The third kappa shape index (κ3) is 6.26. The van der Waals surface area contributed by atoms with Gasteiger partial charge in [0.2, 0.25) is 0 Å². The first kappa shape index (κ1) is 23.6. The number of nitrogens with one attached hydrogen (secondary N) is 2. The van der Waals surface area contributed by atoms with E-state index in [1.165, 1.54) is 10.8 Å². The van der Waals surface area contributed by atoms with Gasteiger partial charge in [-0.05, 0) is 81.7 Å². The van der Waals surface area contributed by atoms with E-state index in [0.717, 1.165) is 14.7 Å². The van der Waals surface area contributed by atoms with Gasteiger partial charge in [-0.25, -0.2) is 10.2 Å². The van der Waals surface area contributed by atoms with Gasteiger partial charge in [-0.2, -0.15) is 5.10 Å². The third-order valence-corrected chi connectivity index (χ3v) is 5.74. The zero-order valence-electron chi connectivity index (χ0n) is 18.6. The van der Waals surface area contributed by atoms with Crippen LogP contribution < -0.4 is 20.2 Å². The highest BCUT2D eigenvalue weighted by Crippen LogP contribution is 2.34. The van der Waals surface area contributed by atoms with Crippen molar-refractivity contribution in [1.82, 2.24) is 5.43 Å². The van der Waals surface area contributed by atoms with Crippen LogP contribution in [0.25, 0.3) is 10.8 Å². The molecule has 0 unspecified atom stereocenters. The number of carbonyl (C=O) groups excluding carboxylic acids is 1. The molecular formula is C27H24IN3O3. The SMILES string of the molecule is CCOc1cc(/C=N/NC(=O)Nc2ccccc2)cc(I)c1OCc1ccc2ccccc2c1. The van der Waals surface area contributed by atoms with Gasteiger partial charge in [-0.3, -0.25) is 0 Å². The topological polar surface area (TPSA) is 72.0 Å². The quantitative estimate of drug-likeness (QED) is 0.144. The minimum Gasteiger partial charge on any atom is -0.490 e. The second-order valence-electron chi connectivity index (χ2n) is 7.42. The van der Waals surface area contributed by atoms with Crippen molar-refractivity contribution >= 4 is 51.3 Å². The predicted molar refractivity (Wildman–Crippen MR) is 145 cm³/mol. The lowest BCUT2D eigenvalue weighted by Crippen LogP contribution is -2.24. The fraction of sp³-hybridized carbons (Fsp3) is 0.111. The van der Waals surface area contributed by atoms with Crippen LogP contribution in [0.3, 0.4) is 0 Å². The minimum absolute atomic E-state index is 0.419. The zero-order valence-corrected chi connectivity index (χ0v) is 20.8. The van der Waals surface area contributed by atoms with Crippen LogP contribution in [0.2, 0.25) is 0 Å². The second-order valence-corrected chi connectivity index (χ2v) is 8.59. The summed E-state index contributed by atoms with van der Waals surface area (Å²) in [5.41, 5.74) is 5.03. The summed E-state index contributed by atoms with van der Waals surface area (Å²) in [6, 6.07) is 27.1. The molecule has 6 nitrogen and oxygen atoms in total. The van der Waals surface area contributed by atoms with E-state index in [2.05, 4.69) is 68.8 Å². The molecule has 2 N–H and O–H groups in total. The Morgan fingerprint density at radius 2 is 1.71 bits per heavy atom. The lowest BCUT2D eigenvalue weighted by molar-refractivity contribution is 0.252. The number of benzene rings is 4. The summed E-state index contributed by atoms with van der Waals surface area (Å²) in [7, 11) is 0. The van der Waals surface area contributed by atoms with Crippen LogP contribution in [0.15, 0.2) is 90.0 Å². The summed E-state index contributed by atoms with van der Waals surface area (Å²) in [6.45, 7) is 2.85. The van der Waals surface area contributed by atoms with E-state index < -0.39 is 6.03 Å². The summed E-state index contributed by atoms with van der Waals surface area (Å²) < 4.78 is 12.9. The van der Waals surface area contributed by atoms with Crippen molar-refractivity contribution in [3.05, 3.63) is 99.6 Å². The van der Waals surface area contributed by atoms with Crippen LogP contribution in [0.4, 0.5) is 10.5 Å². The van der Waals surface area contributed by atoms with Gasteiger partial charge in [-0.15, -0.1) is 0 Å². The highest BCUT2D eigenvalue weighted by molar-refractivity contribution is 14.1. The molecule has 0 heterocycles. The molecule has 0 saturated heterocycles. The van der Waals surface area contributed by atoms with E-state index in [1.807, 2.05) is 49.4 Å². The van der Waals surface area contributed by atoms with Crippen LogP contribution >= 0.6 is 22.6 Å². The van der Waals surface area contributed by atoms with Crippen molar-refractivity contribution < 1.29 is 14.3 Å². The van der Waals surface area contributed by atoms with E-state index in [0.29, 0.717) is 30.4 Å². The predicted octanol–water partition coefficient (Wildman–Crippen LogP) is 6.58. The van der Waals surface area contributed by atoms with Crippen LogP contribution in [-0.2, 0) is 6.61 Å². The van der Waals surface area contributed by atoms with Crippen molar-refractivity contribution in [1.29, 1.82) is 0 Å². The molecule has 0 aliphatic carbocycles. The lowest BCUT2D eigenvalue weighted by Gasteiger charge is -2.15. The number of fused-ring (bicyclic) bond motifs is 1. The highest BCUT2D eigenvalue weighted by atomic mass is 127. The lowest BCUT2D eigenvalue weighted by atomic mass is 10.1. The van der Waals surface area contributed by atoms with Gasteiger partial charge in [0, 0.05) is 5.69 Å². The molecule has 0 aromatic heterocycles. The number of hydrazone groups is 1. The van der Waals surface area contributed by atoms with Crippen molar-refractivity contribution in [2.75, 3.05) is 11.9 Å². The molecule has 0 bridgehead atoms. The number of hydrogen-bond acceptors (Lipinski definition) is 4. The number of hydrogen-bond donors (Lipinski definition) is 2.